The topological polar surface area (TPSA) is 42.4 Å². The number of pyridine rings is 1. The van der Waals surface area contributed by atoms with E-state index in [2.05, 4.69) is 20.9 Å². The molecule has 0 saturated heterocycles. The lowest BCUT2D eigenvalue weighted by Crippen LogP contribution is -1.94. The highest BCUT2D eigenvalue weighted by molar-refractivity contribution is 9.10. The molecule has 106 valence electrons. The van der Waals surface area contributed by atoms with Crippen LogP contribution in [-0.2, 0) is 6.61 Å². The van der Waals surface area contributed by atoms with E-state index in [4.69, 9.17) is 4.74 Å². The standard InChI is InChI=1S/C17H14BrNO2/c1-11-8-13(6-7-16(11)18)21-17-15-5-3-2-4-14(15)12(10-20)9-19-17/h2-9,20H,10H2,1H3. The molecule has 1 N–H and O–H groups in total. The number of hydrogen-bond acceptors (Lipinski definition) is 3. The summed E-state index contributed by atoms with van der Waals surface area (Å²) in [6.07, 6.45) is 1.66. The second-order valence-corrected chi connectivity index (χ2v) is 5.66. The van der Waals surface area contributed by atoms with Gasteiger partial charge in [-0.3, -0.25) is 0 Å². The van der Waals surface area contributed by atoms with Gasteiger partial charge in [0, 0.05) is 21.6 Å². The number of nitrogens with zero attached hydrogens (tertiary/aromatic N) is 1. The van der Waals surface area contributed by atoms with Gasteiger partial charge in [-0.2, -0.15) is 0 Å². The minimum absolute atomic E-state index is 0.0365. The maximum atomic E-state index is 9.40. The van der Waals surface area contributed by atoms with Crippen LogP contribution < -0.4 is 4.74 Å². The van der Waals surface area contributed by atoms with Crippen molar-refractivity contribution in [2.24, 2.45) is 0 Å². The molecule has 0 bridgehead atoms. The fourth-order valence-corrected chi connectivity index (χ4v) is 2.47. The molecule has 0 fully saturated rings. The molecule has 1 aromatic heterocycles. The van der Waals surface area contributed by atoms with E-state index in [-0.39, 0.29) is 6.61 Å². The lowest BCUT2D eigenvalue weighted by Gasteiger charge is -2.11. The van der Waals surface area contributed by atoms with Crippen LogP contribution in [0.1, 0.15) is 11.1 Å². The first-order chi connectivity index (χ1) is 10.2. The van der Waals surface area contributed by atoms with Crippen molar-refractivity contribution in [3.63, 3.8) is 0 Å². The third kappa shape index (κ3) is 2.77. The van der Waals surface area contributed by atoms with Gasteiger partial charge in [-0.1, -0.05) is 34.1 Å². The molecule has 3 rings (SSSR count). The molecule has 21 heavy (non-hydrogen) atoms. The summed E-state index contributed by atoms with van der Waals surface area (Å²) in [6.45, 7) is 1.97. The minimum atomic E-state index is -0.0365. The smallest absolute Gasteiger partial charge is 0.227 e. The van der Waals surface area contributed by atoms with E-state index >= 15 is 0 Å². The Kier molecular flexibility index (Phi) is 3.90. The fraction of sp³-hybridized carbons (Fsp3) is 0.118. The average Bonchev–Trinajstić information content (AvgIpc) is 2.51. The highest BCUT2D eigenvalue weighted by atomic mass is 79.9. The number of fused-ring (bicyclic) bond motifs is 1. The van der Waals surface area contributed by atoms with Crippen molar-refractivity contribution >= 4 is 26.7 Å². The van der Waals surface area contributed by atoms with Gasteiger partial charge in [0.05, 0.1) is 6.61 Å². The summed E-state index contributed by atoms with van der Waals surface area (Å²) in [5.74, 6) is 1.29. The van der Waals surface area contributed by atoms with Crippen LogP contribution in [0.5, 0.6) is 11.6 Å². The number of aryl methyl sites for hydroxylation is 1. The van der Waals surface area contributed by atoms with Gasteiger partial charge < -0.3 is 9.84 Å². The van der Waals surface area contributed by atoms with Crippen molar-refractivity contribution in [3.8, 4) is 11.6 Å². The van der Waals surface area contributed by atoms with Crippen LogP contribution in [0, 0.1) is 6.92 Å². The Morgan fingerprint density at radius 2 is 1.90 bits per heavy atom. The molecular weight excluding hydrogens is 330 g/mol. The highest BCUT2D eigenvalue weighted by Crippen LogP contribution is 2.31. The SMILES string of the molecule is Cc1cc(Oc2ncc(CO)c3ccccc23)ccc1Br. The van der Waals surface area contributed by atoms with Crippen LogP contribution in [-0.4, -0.2) is 10.1 Å². The molecule has 0 radical (unpaired) electrons. The molecule has 0 aliphatic heterocycles. The van der Waals surface area contributed by atoms with E-state index in [1.807, 2.05) is 49.4 Å². The number of ether oxygens (including phenoxy) is 1. The second kappa shape index (κ2) is 5.84. The predicted octanol–water partition coefficient (Wildman–Crippen LogP) is 4.59. The Morgan fingerprint density at radius 1 is 1.14 bits per heavy atom. The number of aliphatic hydroxyl groups excluding tert-OH is 1. The summed E-state index contributed by atoms with van der Waals surface area (Å²) >= 11 is 3.47. The Hall–Kier alpha value is -1.91. The Labute approximate surface area is 131 Å². The molecule has 4 heteroatoms. The first kappa shape index (κ1) is 14.0. The lowest BCUT2D eigenvalue weighted by atomic mass is 10.1. The van der Waals surface area contributed by atoms with E-state index in [1.54, 1.807) is 6.20 Å². The summed E-state index contributed by atoms with van der Waals surface area (Å²) in [7, 11) is 0. The highest BCUT2D eigenvalue weighted by Gasteiger charge is 2.09. The summed E-state index contributed by atoms with van der Waals surface area (Å²) in [4.78, 5) is 4.33. The first-order valence-corrected chi connectivity index (χ1v) is 7.40. The average molecular weight is 344 g/mol. The van der Waals surface area contributed by atoms with Gasteiger partial charge in [0.15, 0.2) is 0 Å². The molecule has 0 unspecified atom stereocenters. The quantitative estimate of drug-likeness (QED) is 0.756. The van der Waals surface area contributed by atoms with E-state index in [9.17, 15) is 5.11 Å². The largest absolute Gasteiger partial charge is 0.438 e. The van der Waals surface area contributed by atoms with Gasteiger partial charge in [0.25, 0.3) is 0 Å². The molecule has 0 amide bonds. The Bertz CT molecular complexity index is 802. The van der Waals surface area contributed by atoms with Crippen LogP contribution in [0.2, 0.25) is 0 Å². The van der Waals surface area contributed by atoms with Crippen LogP contribution in [0.3, 0.4) is 0 Å². The molecule has 0 saturated carbocycles. The predicted molar refractivity (Wildman–Crippen MR) is 86.6 cm³/mol. The number of benzene rings is 2. The molecule has 0 spiro atoms. The van der Waals surface area contributed by atoms with Crippen molar-refractivity contribution < 1.29 is 9.84 Å². The molecule has 0 atom stereocenters. The molecule has 0 aliphatic rings. The lowest BCUT2D eigenvalue weighted by molar-refractivity contribution is 0.283. The monoisotopic (exact) mass is 343 g/mol. The van der Waals surface area contributed by atoms with Gasteiger partial charge in [-0.15, -0.1) is 0 Å². The number of aromatic nitrogens is 1. The van der Waals surface area contributed by atoms with Crippen LogP contribution in [0.4, 0.5) is 0 Å². The van der Waals surface area contributed by atoms with E-state index < -0.39 is 0 Å². The Morgan fingerprint density at radius 3 is 2.62 bits per heavy atom. The van der Waals surface area contributed by atoms with Gasteiger partial charge in [-0.25, -0.2) is 4.98 Å². The van der Waals surface area contributed by atoms with Crippen LogP contribution in [0.25, 0.3) is 10.8 Å². The molecule has 3 aromatic rings. The van der Waals surface area contributed by atoms with Crippen molar-refractivity contribution in [3.05, 3.63) is 64.3 Å². The first-order valence-electron chi connectivity index (χ1n) is 6.60. The van der Waals surface area contributed by atoms with Crippen molar-refractivity contribution in [2.75, 3.05) is 0 Å². The van der Waals surface area contributed by atoms with E-state index in [1.165, 1.54) is 0 Å². The zero-order valence-corrected chi connectivity index (χ0v) is 13.1. The summed E-state index contributed by atoms with van der Waals surface area (Å²) in [5, 5.41) is 11.2. The van der Waals surface area contributed by atoms with Gasteiger partial charge in [0.2, 0.25) is 5.88 Å². The maximum absolute atomic E-state index is 9.40. The second-order valence-electron chi connectivity index (χ2n) is 4.81. The normalized spacial score (nSPS) is 10.8. The number of halogens is 1. The van der Waals surface area contributed by atoms with Crippen LogP contribution >= 0.6 is 15.9 Å². The van der Waals surface area contributed by atoms with Crippen molar-refractivity contribution in [2.45, 2.75) is 13.5 Å². The van der Waals surface area contributed by atoms with Crippen molar-refractivity contribution in [1.29, 1.82) is 0 Å². The number of hydrogen-bond donors (Lipinski definition) is 1. The van der Waals surface area contributed by atoms with E-state index in [0.29, 0.717) is 5.88 Å². The minimum Gasteiger partial charge on any atom is -0.438 e. The third-order valence-corrected chi connectivity index (χ3v) is 4.25. The molecule has 3 nitrogen and oxygen atoms in total. The zero-order chi connectivity index (χ0) is 14.8. The summed E-state index contributed by atoms with van der Waals surface area (Å²) < 4.78 is 6.96. The molecule has 1 heterocycles. The van der Waals surface area contributed by atoms with Crippen molar-refractivity contribution in [1.82, 2.24) is 4.98 Å². The van der Waals surface area contributed by atoms with Gasteiger partial charge in [0.1, 0.15) is 5.75 Å². The molecule has 2 aromatic carbocycles. The summed E-state index contributed by atoms with van der Waals surface area (Å²) in [6, 6.07) is 13.6. The fourth-order valence-electron chi connectivity index (χ4n) is 2.22. The van der Waals surface area contributed by atoms with Crippen LogP contribution in [0.15, 0.2) is 53.1 Å². The summed E-state index contributed by atoms with van der Waals surface area (Å²) in [5.41, 5.74) is 1.90. The van der Waals surface area contributed by atoms with Gasteiger partial charge >= 0.3 is 0 Å². The number of aliphatic hydroxyl groups is 1. The number of rotatable bonds is 3. The van der Waals surface area contributed by atoms with Gasteiger partial charge in [-0.05, 0) is 42.1 Å². The molecular formula is C17H14BrNO2. The Balaban J connectivity index is 2.06. The van der Waals surface area contributed by atoms with E-state index in [0.717, 1.165) is 32.1 Å². The zero-order valence-electron chi connectivity index (χ0n) is 11.5. The molecule has 0 aliphatic carbocycles. The third-order valence-electron chi connectivity index (χ3n) is 3.36. The maximum Gasteiger partial charge on any atom is 0.227 e.